The molecule has 3 aliphatic rings. The highest BCUT2D eigenvalue weighted by Crippen LogP contribution is 2.50. The van der Waals surface area contributed by atoms with Gasteiger partial charge >= 0.3 is 0 Å². The summed E-state index contributed by atoms with van der Waals surface area (Å²) in [6.45, 7) is 9.08. The second-order valence-corrected chi connectivity index (χ2v) is 10.4. The highest BCUT2D eigenvalue weighted by atomic mass is 15.1. The Morgan fingerprint density at radius 2 is 1.52 bits per heavy atom. The van der Waals surface area contributed by atoms with Crippen LogP contribution in [0.4, 0.5) is 0 Å². The molecule has 3 aliphatic carbocycles. The third-order valence-corrected chi connectivity index (χ3v) is 8.47. The lowest BCUT2D eigenvalue weighted by atomic mass is 9.67. The smallest absolute Gasteiger partial charge is 0.146 e. The second-order valence-electron chi connectivity index (χ2n) is 10.4. The van der Waals surface area contributed by atoms with E-state index in [0.29, 0.717) is 5.92 Å². The van der Waals surface area contributed by atoms with Gasteiger partial charge in [0, 0.05) is 5.56 Å². The molecule has 168 valence electrons. The van der Waals surface area contributed by atoms with E-state index in [2.05, 4.69) is 86.9 Å². The maximum atomic E-state index is 5.37. The van der Waals surface area contributed by atoms with Crippen LogP contribution in [-0.4, -0.2) is 9.55 Å². The van der Waals surface area contributed by atoms with Crippen molar-refractivity contribution in [1.82, 2.24) is 9.55 Å². The molecule has 1 fully saturated rings. The van der Waals surface area contributed by atoms with Gasteiger partial charge in [-0.3, -0.25) is 4.57 Å². The SMILES string of the molecule is CCC(C)c1ccccc1-c1nc2cc3c(cc2n1-c1c(C)cccc1C)C1CCC3CC1. The molecule has 0 N–H and O–H groups in total. The first-order chi connectivity index (χ1) is 16.1. The summed E-state index contributed by atoms with van der Waals surface area (Å²) in [6, 6.07) is 20.5. The van der Waals surface area contributed by atoms with Crippen molar-refractivity contribution in [2.24, 2.45) is 0 Å². The van der Waals surface area contributed by atoms with Crippen molar-refractivity contribution < 1.29 is 0 Å². The van der Waals surface area contributed by atoms with Gasteiger partial charge in [-0.1, -0.05) is 56.3 Å². The lowest BCUT2D eigenvalue weighted by Gasteiger charge is -2.38. The van der Waals surface area contributed by atoms with Crippen molar-refractivity contribution in [2.45, 2.75) is 77.6 Å². The summed E-state index contributed by atoms with van der Waals surface area (Å²) >= 11 is 0. The zero-order valence-electron chi connectivity index (χ0n) is 20.4. The number of rotatable bonds is 4. The van der Waals surface area contributed by atoms with E-state index < -0.39 is 0 Å². The fourth-order valence-corrected chi connectivity index (χ4v) is 6.49. The van der Waals surface area contributed by atoms with Crippen LogP contribution in [0.1, 0.15) is 91.5 Å². The van der Waals surface area contributed by atoms with Gasteiger partial charge < -0.3 is 0 Å². The van der Waals surface area contributed by atoms with E-state index >= 15 is 0 Å². The standard InChI is InChI=1S/C31H34N2/c1-5-19(2)24-11-6-7-12-25(24)31-32-28-17-26-22-13-15-23(16-14-22)27(26)18-29(28)33(31)30-20(3)9-8-10-21(30)4/h6-12,17-19,22-23H,5,13-16H2,1-4H3. The summed E-state index contributed by atoms with van der Waals surface area (Å²) in [5, 5.41) is 0. The molecule has 33 heavy (non-hydrogen) atoms. The van der Waals surface area contributed by atoms with Gasteiger partial charge in [-0.15, -0.1) is 0 Å². The average molecular weight is 435 g/mol. The van der Waals surface area contributed by atoms with E-state index in [4.69, 9.17) is 4.98 Å². The molecule has 0 saturated heterocycles. The molecular formula is C31H34N2. The van der Waals surface area contributed by atoms with Crippen molar-refractivity contribution in [3.05, 3.63) is 82.4 Å². The monoisotopic (exact) mass is 434 g/mol. The Hall–Kier alpha value is -2.87. The van der Waals surface area contributed by atoms with E-state index in [9.17, 15) is 0 Å². The molecule has 7 rings (SSSR count). The summed E-state index contributed by atoms with van der Waals surface area (Å²) < 4.78 is 2.48. The molecule has 2 heteroatoms. The Bertz CT molecular complexity index is 1330. The van der Waals surface area contributed by atoms with Crippen LogP contribution < -0.4 is 0 Å². The van der Waals surface area contributed by atoms with Crippen molar-refractivity contribution in [3.63, 3.8) is 0 Å². The van der Waals surface area contributed by atoms with Gasteiger partial charge in [0.25, 0.3) is 0 Å². The predicted molar refractivity (Wildman–Crippen MR) is 139 cm³/mol. The summed E-state index contributed by atoms with van der Waals surface area (Å²) in [5.41, 5.74) is 12.2. The van der Waals surface area contributed by atoms with E-state index in [0.717, 1.165) is 29.6 Å². The molecule has 1 atom stereocenters. The molecule has 2 bridgehead atoms. The molecule has 2 nitrogen and oxygen atoms in total. The summed E-state index contributed by atoms with van der Waals surface area (Å²) in [4.78, 5) is 5.37. The molecule has 0 amide bonds. The molecule has 1 saturated carbocycles. The molecule has 0 spiro atoms. The molecule has 0 radical (unpaired) electrons. The topological polar surface area (TPSA) is 17.8 Å². The lowest BCUT2D eigenvalue weighted by molar-refractivity contribution is 0.359. The van der Waals surface area contributed by atoms with Crippen LogP contribution in [-0.2, 0) is 0 Å². The van der Waals surface area contributed by atoms with E-state index in [1.807, 2.05) is 0 Å². The zero-order valence-corrected chi connectivity index (χ0v) is 20.4. The predicted octanol–water partition coefficient (Wildman–Crippen LogP) is 8.58. The van der Waals surface area contributed by atoms with Crippen LogP contribution >= 0.6 is 0 Å². The Morgan fingerprint density at radius 1 is 0.879 bits per heavy atom. The van der Waals surface area contributed by atoms with Crippen molar-refractivity contribution in [3.8, 4) is 17.1 Å². The number of imidazole rings is 1. The van der Waals surface area contributed by atoms with Crippen molar-refractivity contribution >= 4 is 11.0 Å². The molecule has 1 unspecified atom stereocenters. The van der Waals surface area contributed by atoms with Gasteiger partial charge in [0.15, 0.2) is 0 Å². The fraction of sp³-hybridized carbons (Fsp3) is 0.387. The highest BCUT2D eigenvalue weighted by molar-refractivity contribution is 5.86. The van der Waals surface area contributed by atoms with Crippen LogP contribution in [0.3, 0.4) is 0 Å². The average Bonchev–Trinajstić information content (AvgIpc) is 3.21. The highest BCUT2D eigenvalue weighted by Gasteiger charge is 2.34. The number of nitrogens with zero attached hydrogens (tertiary/aromatic N) is 2. The zero-order chi connectivity index (χ0) is 22.7. The normalized spacial score (nSPS) is 20.2. The minimum absolute atomic E-state index is 0.497. The number of hydrogen-bond donors (Lipinski definition) is 0. The third-order valence-electron chi connectivity index (χ3n) is 8.47. The van der Waals surface area contributed by atoms with Crippen LogP contribution in [0.5, 0.6) is 0 Å². The molecular weight excluding hydrogens is 400 g/mol. The van der Waals surface area contributed by atoms with E-state index in [-0.39, 0.29) is 0 Å². The minimum Gasteiger partial charge on any atom is -0.292 e. The largest absolute Gasteiger partial charge is 0.292 e. The van der Waals surface area contributed by atoms with Crippen molar-refractivity contribution in [1.29, 1.82) is 0 Å². The van der Waals surface area contributed by atoms with E-state index in [1.54, 1.807) is 11.1 Å². The first-order valence-corrected chi connectivity index (χ1v) is 12.8. The Labute approximate surface area is 197 Å². The number of para-hydroxylation sites is 1. The van der Waals surface area contributed by atoms with Gasteiger partial charge in [-0.2, -0.15) is 0 Å². The number of hydrogen-bond acceptors (Lipinski definition) is 1. The number of aryl methyl sites for hydroxylation is 2. The molecule has 3 aromatic carbocycles. The van der Waals surface area contributed by atoms with Crippen LogP contribution in [0.15, 0.2) is 54.6 Å². The summed E-state index contributed by atoms with van der Waals surface area (Å²) in [6.07, 6.45) is 6.53. The van der Waals surface area contributed by atoms with Crippen LogP contribution in [0.25, 0.3) is 28.1 Å². The first-order valence-electron chi connectivity index (χ1n) is 12.8. The Balaban J connectivity index is 1.70. The van der Waals surface area contributed by atoms with Gasteiger partial charge in [0.05, 0.1) is 16.7 Å². The lowest BCUT2D eigenvalue weighted by Crippen LogP contribution is -2.21. The number of aromatic nitrogens is 2. The maximum Gasteiger partial charge on any atom is 0.146 e. The Kier molecular flexibility index (Phi) is 4.94. The molecule has 1 aromatic heterocycles. The molecule has 0 aliphatic heterocycles. The summed E-state index contributed by atoms with van der Waals surface area (Å²) in [5.74, 6) is 3.05. The van der Waals surface area contributed by atoms with Gasteiger partial charge in [-0.05, 0) is 104 Å². The van der Waals surface area contributed by atoms with Crippen LogP contribution in [0.2, 0.25) is 0 Å². The van der Waals surface area contributed by atoms with Crippen LogP contribution in [0, 0.1) is 13.8 Å². The second kappa shape index (κ2) is 7.87. The maximum absolute atomic E-state index is 5.37. The quantitative estimate of drug-likeness (QED) is 0.314. The summed E-state index contributed by atoms with van der Waals surface area (Å²) in [7, 11) is 0. The van der Waals surface area contributed by atoms with Crippen molar-refractivity contribution in [2.75, 3.05) is 0 Å². The van der Waals surface area contributed by atoms with E-state index in [1.165, 1.54) is 59.1 Å². The third kappa shape index (κ3) is 3.18. The number of fused-ring (bicyclic) bond motifs is 3. The minimum atomic E-state index is 0.497. The van der Waals surface area contributed by atoms with Gasteiger partial charge in [0.2, 0.25) is 0 Å². The molecule has 1 heterocycles. The van der Waals surface area contributed by atoms with Gasteiger partial charge in [-0.25, -0.2) is 4.98 Å². The van der Waals surface area contributed by atoms with Gasteiger partial charge in [0.1, 0.15) is 5.82 Å². The fourth-order valence-electron chi connectivity index (χ4n) is 6.49. The molecule has 4 aromatic rings. The Morgan fingerprint density at radius 3 is 2.18 bits per heavy atom. The first kappa shape index (κ1) is 20.7. The number of benzene rings is 3.